The van der Waals surface area contributed by atoms with Gasteiger partial charge in [0.1, 0.15) is 0 Å². The maximum Gasteiger partial charge on any atom is 0.185 e. The van der Waals surface area contributed by atoms with Crippen molar-refractivity contribution < 1.29 is 9.59 Å². The van der Waals surface area contributed by atoms with Crippen LogP contribution in [0.25, 0.3) is 0 Å². The summed E-state index contributed by atoms with van der Waals surface area (Å²) >= 11 is 0. The molecule has 0 saturated carbocycles. The highest BCUT2D eigenvalue weighted by Crippen LogP contribution is 2.27. The van der Waals surface area contributed by atoms with Crippen molar-refractivity contribution in [3.63, 3.8) is 0 Å². The van der Waals surface area contributed by atoms with Gasteiger partial charge in [0.05, 0.1) is 0 Å². The average Bonchev–Trinajstić information content (AvgIpc) is 2.49. The van der Waals surface area contributed by atoms with Gasteiger partial charge >= 0.3 is 0 Å². The predicted octanol–water partition coefficient (Wildman–Crippen LogP) is 5.32. The van der Waals surface area contributed by atoms with Gasteiger partial charge < -0.3 is 0 Å². The first kappa shape index (κ1) is 17.9. The maximum absolute atomic E-state index is 12.3. The van der Waals surface area contributed by atoms with Gasteiger partial charge in [0.25, 0.3) is 0 Å². The number of carbonyl (C=O) groups is 2. The Balaban J connectivity index is 2.35. The van der Waals surface area contributed by atoms with Crippen molar-refractivity contribution in [2.45, 2.75) is 85.5 Å². The fraction of sp³-hybridized carbons (Fsp3) is 0.684. The molecule has 0 radical (unpaired) electrons. The molecule has 1 aliphatic carbocycles. The van der Waals surface area contributed by atoms with E-state index in [-0.39, 0.29) is 11.6 Å². The molecule has 2 nitrogen and oxygen atoms in total. The first-order valence-corrected chi connectivity index (χ1v) is 8.47. The molecule has 0 bridgehead atoms. The number of hydrogen-bond donors (Lipinski definition) is 0. The third-order valence-corrected chi connectivity index (χ3v) is 4.59. The standard InChI is InChI=1S/C19H30O2/c1-5-6-7-8-9-10-11-12-13-17-16(4)18(20)14(2)15(3)19(17)21/h5-13H2,1-4H3. The Bertz CT molecular complexity index is 452. The lowest BCUT2D eigenvalue weighted by Crippen LogP contribution is -2.20. The molecule has 0 unspecified atom stereocenters. The summed E-state index contributed by atoms with van der Waals surface area (Å²) in [4.78, 5) is 24.3. The van der Waals surface area contributed by atoms with Crippen molar-refractivity contribution >= 4 is 11.6 Å². The molecule has 21 heavy (non-hydrogen) atoms. The first-order chi connectivity index (χ1) is 10.0. The molecule has 0 aliphatic heterocycles. The summed E-state index contributed by atoms with van der Waals surface area (Å²) in [6.45, 7) is 7.56. The molecule has 0 aromatic carbocycles. The zero-order valence-corrected chi connectivity index (χ0v) is 14.2. The van der Waals surface area contributed by atoms with Gasteiger partial charge in [0.15, 0.2) is 11.6 Å². The summed E-state index contributed by atoms with van der Waals surface area (Å²) in [5.41, 5.74) is 2.69. The van der Waals surface area contributed by atoms with Crippen LogP contribution in [0.1, 0.15) is 85.5 Å². The highest BCUT2D eigenvalue weighted by atomic mass is 16.1. The van der Waals surface area contributed by atoms with Gasteiger partial charge in [0, 0.05) is 22.3 Å². The van der Waals surface area contributed by atoms with E-state index in [1.807, 2.05) is 0 Å². The lowest BCUT2D eigenvalue weighted by atomic mass is 9.84. The number of carbonyl (C=O) groups excluding carboxylic acids is 2. The van der Waals surface area contributed by atoms with Gasteiger partial charge in [-0.05, 0) is 33.6 Å². The van der Waals surface area contributed by atoms with Crippen molar-refractivity contribution in [2.24, 2.45) is 0 Å². The van der Waals surface area contributed by atoms with E-state index in [0.29, 0.717) is 16.7 Å². The molecule has 0 heterocycles. The van der Waals surface area contributed by atoms with E-state index in [2.05, 4.69) is 6.92 Å². The number of allylic oxidation sites excluding steroid dienone is 4. The molecule has 1 rings (SSSR count). The van der Waals surface area contributed by atoms with Gasteiger partial charge in [-0.1, -0.05) is 51.9 Å². The van der Waals surface area contributed by atoms with Crippen LogP contribution in [0.2, 0.25) is 0 Å². The number of ketones is 2. The molecule has 1 aliphatic rings. The third kappa shape index (κ3) is 4.94. The van der Waals surface area contributed by atoms with Gasteiger partial charge in [0.2, 0.25) is 0 Å². The smallest absolute Gasteiger partial charge is 0.185 e. The first-order valence-electron chi connectivity index (χ1n) is 8.47. The lowest BCUT2D eigenvalue weighted by Gasteiger charge is -2.18. The van der Waals surface area contributed by atoms with Crippen molar-refractivity contribution in [3.8, 4) is 0 Å². The van der Waals surface area contributed by atoms with Gasteiger partial charge in [-0.15, -0.1) is 0 Å². The molecule has 0 amide bonds. The van der Waals surface area contributed by atoms with Crippen molar-refractivity contribution in [1.29, 1.82) is 0 Å². The van der Waals surface area contributed by atoms with Crippen LogP contribution in [0, 0.1) is 0 Å². The molecule has 0 spiro atoms. The number of Topliss-reactive ketones (excluding diaryl/α,β-unsaturated/α-hetero) is 2. The molecule has 0 saturated heterocycles. The number of hydrogen-bond acceptors (Lipinski definition) is 2. The van der Waals surface area contributed by atoms with E-state index in [4.69, 9.17) is 0 Å². The van der Waals surface area contributed by atoms with Crippen LogP contribution < -0.4 is 0 Å². The average molecular weight is 290 g/mol. The Hall–Kier alpha value is -1.18. The maximum atomic E-state index is 12.3. The highest BCUT2D eigenvalue weighted by Gasteiger charge is 2.26. The van der Waals surface area contributed by atoms with E-state index in [1.165, 1.54) is 38.5 Å². The van der Waals surface area contributed by atoms with Crippen LogP contribution in [0.5, 0.6) is 0 Å². The molecule has 2 heteroatoms. The summed E-state index contributed by atoms with van der Waals surface area (Å²) in [5.74, 6) is 0.147. The van der Waals surface area contributed by atoms with Gasteiger partial charge in [-0.3, -0.25) is 9.59 Å². The largest absolute Gasteiger partial charge is 0.289 e. The van der Waals surface area contributed by atoms with E-state index in [1.54, 1.807) is 20.8 Å². The van der Waals surface area contributed by atoms with Crippen LogP contribution in [0.3, 0.4) is 0 Å². The summed E-state index contributed by atoms with van der Waals surface area (Å²) in [7, 11) is 0. The zero-order chi connectivity index (χ0) is 15.8. The normalized spacial score (nSPS) is 16.2. The Morgan fingerprint density at radius 3 is 1.67 bits per heavy atom. The van der Waals surface area contributed by atoms with E-state index >= 15 is 0 Å². The number of unbranched alkanes of at least 4 members (excludes halogenated alkanes) is 7. The molecule has 0 atom stereocenters. The fourth-order valence-corrected chi connectivity index (χ4v) is 2.89. The summed E-state index contributed by atoms with van der Waals surface area (Å²) in [5, 5.41) is 0. The Labute approximate surface area is 129 Å². The van der Waals surface area contributed by atoms with Crippen LogP contribution in [-0.4, -0.2) is 11.6 Å². The number of rotatable bonds is 9. The quantitative estimate of drug-likeness (QED) is 0.425. The van der Waals surface area contributed by atoms with Crippen LogP contribution in [0.4, 0.5) is 0 Å². The highest BCUT2D eigenvalue weighted by molar-refractivity contribution is 6.24. The third-order valence-electron chi connectivity index (χ3n) is 4.59. The topological polar surface area (TPSA) is 34.1 Å². The van der Waals surface area contributed by atoms with Crippen LogP contribution >= 0.6 is 0 Å². The minimum Gasteiger partial charge on any atom is -0.289 e. The summed E-state index contributed by atoms with van der Waals surface area (Å²) < 4.78 is 0. The molecule has 0 aromatic rings. The Kier molecular flexibility index (Phi) is 7.63. The van der Waals surface area contributed by atoms with Crippen LogP contribution in [-0.2, 0) is 9.59 Å². The lowest BCUT2D eigenvalue weighted by molar-refractivity contribution is -0.116. The molecule has 0 N–H and O–H groups in total. The second-order valence-corrected chi connectivity index (χ2v) is 6.24. The fourth-order valence-electron chi connectivity index (χ4n) is 2.89. The van der Waals surface area contributed by atoms with Gasteiger partial charge in [-0.25, -0.2) is 0 Å². The summed E-state index contributed by atoms with van der Waals surface area (Å²) in [6, 6.07) is 0. The molecule has 118 valence electrons. The van der Waals surface area contributed by atoms with Gasteiger partial charge in [-0.2, -0.15) is 0 Å². The zero-order valence-electron chi connectivity index (χ0n) is 14.2. The van der Waals surface area contributed by atoms with Crippen molar-refractivity contribution in [1.82, 2.24) is 0 Å². The SMILES string of the molecule is CCCCCCCCCCC1=C(C)C(=O)C(C)=C(C)C1=O. The Morgan fingerprint density at radius 1 is 0.619 bits per heavy atom. The van der Waals surface area contributed by atoms with E-state index in [9.17, 15) is 9.59 Å². The minimum absolute atomic E-state index is 0.0571. The molecular weight excluding hydrogens is 260 g/mol. The molecular formula is C19H30O2. The van der Waals surface area contributed by atoms with Crippen LogP contribution in [0.15, 0.2) is 22.3 Å². The molecule has 0 fully saturated rings. The second-order valence-electron chi connectivity index (χ2n) is 6.24. The second kappa shape index (κ2) is 8.96. The van der Waals surface area contributed by atoms with Crippen molar-refractivity contribution in [3.05, 3.63) is 22.3 Å². The van der Waals surface area contributed by atoms with E-state index < -0.39 is 0 Å². The van der Waals surface area contributed by atoms with E-state index in [0.717, 1.165) is 24.8 Å². The molecule has 0 aromatic heterocycles. The summed E-state index contributed by atoms with van der Waals surface area (Å²) in [6.07, 6.45) is 10.8. The monoisotopic (exact) mass is 290 g/mol. The predicted molar refractivity (Wildman–Crippen MR) is 88.3 cm³/mol. The van der Waals surface area contributed by atoms with Crippen molar-refractivity contribution in [2.75, 3.05) is 0 Å². The minimum atomic E-state index is 0.0571. The Morgan fingerprint density at radius 2 is 1.10 bits per heavy atom.